The monoisotopic (exact) mass is 432 g/mol. The van der Waals surface area contributed by atoms with Crippen LogP contribution in [0.2, 0.25) is 0 Å². The van der Waals surface area contributed by atoms with E-state index in [1.807, 2.05) is 13.8 Å². The van der Waals surface area contributed by atoms with E-state index in [1.54, 1.807) is 17.7 Å². The first-order valence-electron chi connectivity index (χ1n) is 10.2. The molecule has 0 spiro atoms. The number of hydrogen-bond acceptors (Lipinski definition) is 7. The van der Waals surface area contributed by atoms with E-state index in [1.165, 1.54) is 24.5 Å². The molecule has 1 aromatic carbocycles. The Morgan fingerprint density at radius 2 is 1.94 bits per heavy atom. The van der Waals surface area contributed by atoms with Crippen LogP contribution in [0.15, 0.2) is 30.6 Å². The van der Waals surface area contributed by atoms with Crippen LogP contribution in [0, 0.1) is 11.6 Å². The zero-order valence-electron chi connectivity index (χ0n) is 17.8. The molecule has 1 aliphatic rings. The summed E-state index contributed by atoms with van der Waals surface area (Å²) in [5.41, 5.74) is 0.713. The van der Waals surface area contributed by atoms with Crippen LogP contribution in [-0.2, 0) is 16.1 Å². The number of hydrogen-bond donors (Lipinski definition) is 1. The van der Waals surface area contributed by atoms with Gasteiger partial charge < -0.3 is 14.8 Å². The molecule has 1 saturated heterocycles. The number of ether oxygens (including phenoxy) is 2. The van der Waals surface area contributed by atoms with E-state index >= 15 is 0 Å². The summed E-state index contributed by atoms with van der Waals surface area (Å²) in [6, 6.07) is 5.20. The number of fused-ring (bicyclic) bond motifs is 1. The molecule has 0 radical (unpaired) electrons. The minimum atomic E-state index is -0.570. The second kappa shape index (κ2) is 9.21. The SMILES string of the molecule is COCc1cc(NCC(c2c(F)cccc2F)N2CC(C)OC(C)C2)n2ncnc2n1. The second-order valence-electron chi connectivity index (χ2n) is 7.78. The van der Waals surface area contributed by atoms with Gasteiger partial charge in [-0.3, -0.25) is 4.90 Å². The predicted molar refractivity (Wildman–Crippen MR) is 111 cm³/mol. The van der Waals surface area contributed by atoms with Crippen LogP contribution in [0.3, 0.4) is 0 Å². The van der Waals surface area contributed by atoms with Crippen molar-refractivity contribution in [1.29, 1.82) is 0 Å². The normalized spacial score (nSPS) is 20.8. The summed E-state index contributed by atoms with van der Waals surface area (Å²) in [7, 11) is 1.58. The Labute approximate surface area is 179 Å². The van der Waals surface area contributed by atoms with Gasteiger partial charge in [0, 0.05) is 38.4 Å². The molecular weight excluding hydrogens is 406 g/mol. The van der Waals surface area contributed by atoms with E-state index in [0.717, 1.165) is 0 Å². The predicted octanol–water partition coefficient (Wildman–Crippen LogP) is 2.81. The van der Waals surface area contributed by atoms with E-state index in [0.29, 0.717) is 37.0 Å². The van der Waals surface area contributed by atoms with Crippen LogP contribution in [0.25, 0.3) is 5.78 Å². The molecular formula is C21H26F2N6O2. The third-order valence-electron chi connectivity index (χ3n) is 5.30. The topological polar surface area (TPSA) is 76.8 Å². The summed E-state index contributed by atoms with van der Waals surface area (Å²) in [6.07, 6.45) is 1.32. The van der Waals surface area contributed by atoms with Crippen molar-refractivity contribution in [2.24, 2.45) is 0 Å². The van der Waals surface area contributed by atoms with E-state index in [4.69, 9.17) is 9.47 Å². The Hall–Kier alpha value is -2.69. The Morgan fingerprint density at radius 3 is 2.61 bits per heavy atom. The molecule has 3 heterocycles. The molecule has 3 atom stereocenters. The highest BCUT2D eigenvalue weighted by Crippen LogP contribution is 2.29. The molecule has 8 nitrogen and oxygen atoms in total. The molecule has 1 aliphatic heterocycles. The van der Waals surface area contributed by atoms with Crippen molar-refractivity contribution in [3.05, 3.63) is 53.5 Å². The third-order valence-corrected chi connectivity index (χ3v) is 5.30. The molecule has 1 fully saturated rings. The minimum Gasteiger partial charge on any atom is -0.378 e. The van der Waals surface area contributed by atoms with E-state index in [2.05, 4.69) is 25.3 Å². The maximum Gasteiger partial charge on any atom is 0.254 e. The van der Waals surface area contributed by atoms with Crippen molar-refractivity contribution in [3.63, 3.8) is 0 Å². The first kappa shape index (κ1) is 21.5. The van der Waals surface area contributed by atoms with Gasteiger partial charge in [0.2, 0.25) is 0 Å². The highest BCUT2D eigenvalue weighted by Gasteiger charge is 2.32. The first-order chi connectivity index (χ1) is 15.0. The number of anilines is 1. The van der Waals surface area contributed by atoms with Gasteiger partial charge in [-0.15, -0.1) is 0 Å². The average molecular weight is 432 g/mol. The minimum absolute atomic E-state index is 0.0392. The van der Waals surface area contributed by atoms with Gasteiger partial charge in [-0.2, -0.15) is 14.6 Å². The van der Waals surface area contributed by atoms with Gasteiger partial charge in [0.25, 0.3) is 5.78 Å². The van der Waals surface area contributed by atoms with Crippen molar-refractivity contribution in [2.75, 3.05) is 32.1 Å². The van der Waals surface area contributed by atoms with Crippen molar-refractivity contribution in [1.82, 2.24) is 24.5 Å². The maximum atomic E-state index is 14.8. The number of benzene rings is 1. The Morgan fingerprint density at radius 1 is 1.23 bits per heavy atom. The lowest BCUT2D eigenvalue weighted by atomic mass is 10.0. The molecule has 4 rings (SSSR count). The summed E-state index contributed by atoms with van der Waals surface area (Å²) in [5, 5.41) is 7.50. The van der Waals surface area contributed by atoms with Gasteiger partial charge in [0.05, 0.1) is 30.6 Å². The number of nitrogens with one attached hydrogen (secondary N) is 1. The van der Waals surface area contributed by atoms with Gasteiger partial charge in [0.15, 0.2) is 0 Å². The lowest BCUT2D eigenvalue weighted by molar-refractivity contribution is -0.0801. The van der Waals surface area contributed by atoms with Crippen LogP contribution in [0.4, 0.5) is 14.6 Å². The molecule has 31 heavy (non-hydrogen) atoms. The Kier molecular flexibility index (Phi) is 6.40. The molecule has 0 amide bonds. The van der Waals surface area contributed by atoms with E-state index in [-0.39, 0.29) is 24.3 Å². The lowest BCUT2D eigenvalue weighted by Gasteiger charge is -2.40. The molecule has 0 aliphatic carbocycles. The molecule has 3 unspecified atom stereocenters. The maximum absolute atomic E-state index is 14.8. The largest absolute Gasteiger partial charge is 0.378 e. The Bertz CT molecular complexity index is 1020. The number of morpholine rings is 1. The van der Waals surface area contributed by atoms with Gasteiger partial charge in [-0.25, -0.2) is 13.8 Å². The van der Waals surface area contributed by atoms with Gasteiger partial charge in [-0.1, -0.05) is 6.07 Å². The average Bonchev–Trinajstić information content (AvgIpc) is 3.18. The molecule has 2 aromatic heterocycles. The summed E-state index contributed by atoms with van der Waals surface area (Å²) in [4.78, 5) is 10.6. The zero-order chi connectivity index (χ0) is 22.0. The highest BCUT2D eigenvalue weighted by molar-refractivity contribution is 5.45. The molecule has 0 bridgehead atoms. The highest BCUT2D eigenvalue weighted by atomic mass is 19.1. The summed E-state index contributed by atoms with van der Waals surface area (Å²) in [5.74, 6) is -0.108. The van der Waals surface area contributed by atoms with Crippen molar-refractivity contribution < 1.29 is 18.3 Å². The number of aromatic nitrogens is 4. The lowest BCUT2D eigenvalue weighted by Crippen LogP contribution is -2.48. The van der Waals surface area contributed by atoms with Crippen LogP contribution in [0.5, 0.6) is 0 Å². The fourth-order valence-electron chi connectivity index (χ4n) is 4.13. The smallest absolute Gasteiger partial charge is 0.254 e. The number of halogens is 2. The summed E-state index contributed by atoms with van der Waals surface area (Å²) >= 11 is 0. The molecule has 10 heteroatoms. The molecule has 0 saturated carbocycles. The zero-order valence-corrected chi connectivity index (χ0v) is 17.8. The molecule has 166 valence electrons. The van der Waals surface area contributed by atoms with Crippen molar-refractivity contribution in [2.45, 2.75) is 38.7 Å². The van der Waals surface area contributed by atoms with Gasteiger partial charge in [-0.05, 0) is 26.0 Å². The fourth-order valence-corrected chi connectivity index (χ4v) is 4.13. The quantitative estimate of drug-likeness (QED) is 0.615. The standard InChI is InChI=1S/C21H26F2N6O2/c1-13-9-28(10-14(2)31-13)18(20-16(22)5-4-6-17(20)23)8-24-19-7-15(11-30-3)27-21-25-12-26-29(19)21/h4-7,12-14,18,24H,8-11H2,1-3H3. The van der Waals surface area contributed by atoms with Gasteiger partial charge in [0.1, 0.15) is 23.8 Å². The summed E-state index contributed by atoms with van der Waals surface area (Å²) in [6.45, 7) is 5.61. The number of nitrogens with zero attached hydrogens (tertiary/aromatic N) is 5. The second-order valence-corrected chi connectivity index (χ2v) is 7.78. The third kappa shape index (κ3) is 4.65. The fraction of sp³-hybridized carbons (Fsp3) is 0.476. The van der Waals surface area contributed by atoms with Gasteiger partial charge >= 0.3 is 0 Å². The van der Waals surface area contributed by atoms with Crippen molar-refractivity contribution in [3.8, 4) is 0 Å². The Balaban J connectivity index is 1.67. The van der Waals surface area contributed by atoms with Crippen LogP contribution in [0.1, 0.15) is 31.1 Å². The van der Waals surface area contributed by atoms with Crippen molar-refractivity contribution >= 4 is 11.6 Å². The van der Waals surface area contributed by atoms with E-state index in [9.17, 15) is 8.78 Å². The van der Waals surface area contributed by atoms with Crippen LogP contribution >= 0.6 is 0 Å². The van der Waals surface area contributed by atoms with Crippen LogP contribution in [-0.4, -0.2) is 63.4 Å². The number of methoxy groups -OCH3 is 1. The molecule has 3 aromatic rings. The molecule has 1 N–H and O–H groups in total. The van der Waals surface area contributed by atoms with E-state index < -0.39 is 17.7 Å². The summed E-state index contributed by atoms with van der Waals surface area (Å²) < 4.78 is 42.1. The number of rotatable bonds is 7. The van der Waals surface area contributed by atoms with Crippen LogP contribution < -0.4 is 5.32 Å². The first-order valence-corrected chi connectivity index (χ1v) is 10.2.